The normalized spacial score (nSPS) is 12.2. The van der Waals surface area contributed by atoms with Crippen LogP contribution in [0.25, 0.3) is 0 Å². The minimum atomic E-state index is -3.00. The van der Waals surface area contributed by atoms with Gasteiger partial charge in [-0.3, -0.25) is 9.79 Å². The molecule has 28 heavy (non-hydrogen) atoms. The Kier molecular flexibility index (Phi) is 6.83. The van der Waals surface area contributed by atoms with Crippen molar-refractivity contribution in [1.29, 1.82) is 0 Å². The maximum absolute atomic E-state index is 14.3. The Bertz CT molecular complexity index is 950. The van der Waals surface area contributed by atoms with Crippen molar-refractivity contribution in [2.75, 3.05) is 18.1 Å². The van der Waals surface area contributed by atoms with Crippen LogP contribution in [0, 0.1) is 5.82 Å². The molecular weight excluding hydrogens is 399 g/mol. The molecule has 0 radical (unpaired) electrons. The highest BCUT2D eigenvalue weighted by atomic mass is 35.5. The minimum Gasteiger partial charge on any atom is -0.453 e. The Balaban J connectivity index is 2.20. The van der Waals surface area contributed by atoms with Gasteiger partial charge >= 0.3 is 0 Å². The molecule has 0 atom stereocenters. The summed E-state index contributed by atoms with van der Waals surface area (Å²) in [5.41, 5.74) is 9.46. The van der Waals surface area contributed by atoms with Crippen molar-refractivity contribution in [2.45, 2.75) is 6.43 Å². The van der Waals surface area contributed by atoms with Gasteiger partial charge in [0.2, 0.25) is 0 Å². The van der Waals surface area contributed by atoms with Gasteiger partial charge in [-0.25, -0.2) is 18.2 Å². The summed E-state index contributed by atoms with van der Waals surface area (Å²) in [4.78, 5) is 19.3. The standard InChI is InChI=1S/C17H15ClF3N5O2/c1-24-14(15(20)21)9(7-22)17(27)26-8-2-3-11(10(19)6-8)28-12-4-5-25-16(23)13(12)18/h2-7,15H,22H2,1H3,(H2,23,25)(H,26,27). The van der Waals surface area contributed by atoms with Crippen LogP contribution in [-0.4, -0.2) is 30.1 Å². The van der Waals surface area contributed by atoms with Crippen molar-refractivity contribution in [1.82, 2.24) is 4.98 Å². The summed E-state index contributed by atoms with van der Waals surface area (Å²) in [5.74, 6) is -1.93. The number of amides is 1. The van der Waals surface area contributed by atoms with Crippen molar-refractivity contribution in [3.63, 3.8) is 0 Å². The fourth-order valence-electron chi connectivity index (χ4n) is 2.11. The zero-order valence-corrected chi connectivity index (χ0v) is 15.2. The van der Waals surface area contributed by atoms with Crippen LogP contribution in [0.3, 0.4) is 0 Å². The van der Waals surface area contributed by atoms with E-state index in [0.29, 0.717) is 6.20 Å². The Labute approximate surface area is 162 Å². The molecule has 1 aromatic heterocycles. The van der Waals surface area contributed by atoms with Crippen LogP contribution in [0.15, 0.2) is 47.2 Å². The van der Waals surface area contributed by atoms with Gasteiger partial charge in [0, 0.05) is 37.3 Å². The summed E-state index contributed by atoms with van der Waals surface area (Å²) in [6, 6.07) is 4.84. The molecule has 148 valence electrons. The maximum atomic E-state index is 14.3. The molecule has 1 aromatic carbocycles. The third kappa shape index (κ3) is 4.71. The number of ether oxygens (including phenoxy) is 1. The van der Waals surface area contributed by atoms with Crippen molar-refractivity contribution < 1.29 is 22.7 Å². The van der Waals surface area contributed by atoms with E-state index in [4.69, 9.17) is 27.8 Å². The summed E-state index contributed by atoms with van der Waals surface area (Å²) < 4.78 is 45.5. The number of aliphatic imine (C=N–C) groups is 1. The molecule has 0 saturated carbocycles. The van der Waals surface area contributed by atoms with Gasteiger partial charge in [-0.15, -0.1) is 0 Å². The molecule has 5 N–H and O–H groups in total. The Morgan fingerprint density at radius 3 is 2.64 bits per heavy atom. The molecule has 2 aromatic rings. The average molecular weight is 414 g/mol. The zero-order chi connectivity index (χ0) is 20.8. The monoisotopic (exact) mass is 413 g/mol. The lowest BCUT2D eigenvalue weighted by Gasteiger charge is -2.12. The summed E-state index contributed by atoms with van der Waals surface area (Å²) in [6.45, 7) is 0. The SMILES string of the molecule is CN=C(C(=CN)C(=O)Nc1ccc(Oc2ccnc(N)c2Cl)c(F)c1)C(F)F. The first-order valence-electron chi connectivity index (χ1n) is 7.64. The highest BCUT2D eigenvalue weighted by Gasteiger charge is 2.23. The number of anilines is 2. The highest BCUT2D eigenvalue weighted by Crippen LogP contribution is 2.33. The molecule has 0 unspecified atom stereocenters. The maximum Gasteiger partial charge on any atom is 0.280 e. The molecule has 0 spiro atoms. The van der Waals surface area contributed by atoms with Gasteiger partial charge in [0.15, 0.2) is 17.3 Å². The molecule has 0 saturated heterocycles. The second-order valence-electron chi connectivity index (χ2n) is 5.20. The topological polar surface area (TPSA) is 116 Å². The van der Waals surface area contributed by atoms with E-state index in [-0.39, 0.29) is 28.0 Å². The van der Waals surface area contributed by atoms with E-state index < -0.39 is 29.4 Å². The number of nitrogens with zero attached hydrogens (tertiary/aromatic N) is 2. The molecule has 0 bridgehead atoms. The molecule has 0 aliphatic heterocycles. The van der Waals surface area contributed by atoms with E-state index in [9.17, 15) is 18.0 Å². The number of pyridine rings is 1. The predicted molar refractivity (Wildman–Crippen MR) is 100 cm³/mol. The van der Waals surface area contributed by atoms with E-state index in [0.717, 1.165) is 13.1 Å². The molecule has 1 amide bonds. The molecule has 2 rings (SSSR count). The van der Waals surface area contributed by atoms with Crippen molar-refractivity contribution in [3.8, 4) is 11.5 Å². The smallest absolute Gasteiger partial charge is 0.280 e. The number of carbonyl (C=O) groups excluding carboxylic acids is 1. The second-order valence-corrected chi connectivity index (χ2v) is 5.58. The van der Waals surface area contributed by atoms with E-state index in [1.54, 1.807) is 0 Å². The summed E-state index contributed by atoms with van der Waals surface area (Å²) in [6.07, 6.45) is -0.969. The first kappa shape index (κ1) is 21.0. The van der Waals surface area contributed by atoms with Gasteiger partial charge in [0.1, 0.15) is 16.6 Å². The zero-order valence-electron chi connectivity index (χ0n) is 14.4. The van der Waals surface area contributed by atoms with Crippen molar-refractivity contribution >= 4 is 34.7 Å². The summed E-state index contributed by atoms with van der Waals surface area (Å²) >= 11 is 5.93. The number of halogens is 4. The third-order valence-corrected chi connectivity index (χ3v) is 3.81. The van der Waals surface area contributed by atoms with Crippen LogP contribution in [0.4, 0.5) is 24.7 Å². The summed E-state index contributed by atoms with van der Waals surface area (Å²) in [5, 5.41) is 2.27. The van der Waals surface area contributed by atoms with E-state index in [1.165, 1.54) is 24.4 Å². The largest absolute Gasteiger partial charge is 0.453 e. The van der Waals surface area contributed by atoms with Crippen molar-refractivity contribution in [2.24, 2.45) is 10.7 Å². The Morgan fingerprint density at radius 1 is 1.36 bits per heavy atom. The molecular formula is C17H15ClF3N5O2. The molecule has 0 fully saturated rings. The number of aromatic nitrogens is 1. The van der Waals surface area contributed by atoms with Gasteiger partial charge in [-0.05, 0) is 12.1 Å². The molecule has 1 heterocycles. The summed E-state index contributed by atoms with van der Waals surface area (Å²) in [7, 11) is 1.10. The van der Waals surface area contributed by atoms with Gasteiger partial charge < -0.3 is 21.5 Å². The minimum absolute atomic E-state index is 0.00962. The number of hydrogen-bond donors (Lipinski definition) is 3. The molecule has 0 aliphatic rings. The number of nitrogen functional groups attached to an aromatic ring is 1. The highest BCUT2D eigenvalue weighted by molar-refractivity contribution is 6.34. The molecule has 11 heteroatoms. The van der Waals surface area contributed by atoms with Crippen LogP contribution in [0.2, 0.25) is 5.02 Å². The quantitative estimate of drug-likeness (QED) is 0.496. The fourth-order valence-corrected chi connectivity index (χ4v) is 2.26. The van der Waals surface area contributed by atoms with Gasteiger partial charge in [0.05, 0.1) is 5.57 Å². The average Bonchev–Trinajstić information content (AvgIpc) is 2.64. The van der Waals surface area contributed by atoms with E-state index in [1.807, 2.05) is 0 Å². The van der Waals surface area contributed by atoms with E-state index >= 15 is 0 Å². The molecule has 0 aliphatic carbocycles. The van der Waals surface area contributed by atoms with Crippen LogP contribution >= 0.6 is 11.6 Å². The number of benzene rings is 1. The Morgan fingerprint density at radius 2 is 2.07 bits per heavy atom. The number of hydrogen-bond acceptors (Lipinski definition) is 6. The van der Waals surface area contributed by atoms with Crippen molar-refractivity contribution in [3.05, 3.63) is 53.1 Å². The number of carbonyl (C=O) groups is 1. The molecule has 7 nitrogen and oxygen atoms in total. The number of alkyl halides is 2. The van der Waals surface area contributed by atoms with Crippen LogP contribution in [0.5, 0.6) is 11.5 Å². The third-order valence-electron chi connectivity index (χ3n) is 3.43. The first-order chi connectivity index (χ1) is 13.3. The van der Waals surface area contributed by atoms with Crippen LogP contribution in [-0.2, 0) is 4.79 Å². The lowest BCUT2D eigenvalue weighted by Crippen LogP contribution is -2.26. The van der Waals surface area contributed by atoms with Crippen LogP contribution < -0.4 is 21.5 Å². The number of rotatable bonds is 6. The fraction of sp³-hybridized carbons (Fsp3) is 0.118. The lowest BCUT2D eigenvalue weighted by atomic mass is 10.1. The van der Waals surface area contributed by atoms with Gasteiger partial charge in [-0.1, -0.05) is 11.6 Å². The van der Waals surface area contributed by atoms with Gasteiger partial charge in [0.25, 0.3) is 12.3 Å². The van der Waals surface area contributed by atoms with E-state index in [2.05, 4.69) is 15.3 Å². The number of nitrogens with two attached hydrogens (primary N) is 2. The van der Waals surface area contributed by atoms with Gasteiger partial charge in [-0.2, -0.15) is 0 Å². The lowest BCUT2D eigenvalue weighted by molar-refractivity contribution is -0.112. The van der Waals surface area contributed by atoms with Crippen LogP contribution in [0.1, 0.15) is 0 Å². The predicted octanol–water partition coefficient (Wildman–Crippen LogP) is 3.37. The first-order valence-corrected chi connectivity index (χ1v) is 8.02. The Hall–Kier alpha value is -3.27. The number of nitrogens with one attached hydrogen (secondary N) is 1. The second kappa shape index (κ2) is 9.09.